The van der Waals surface area contributed by atoms with Crippen LogP contribution < -0.4 is 11.1 Å². The molecule has 0 bridgehead atoms. The number of hydrogen-bond donors (Lipinski definition) is 2. The van der Waals surface area contributed by atoms with E-state index in [1.165, 1.54) is 0 Å². The van der Waals surface area contributed by atoms with Gasteiger partial charge in [-0.15, -0.1) is 0 Å². The number of nitrogens with two attached hydrogens (primary N) is 1. The molecule has 3 nitrogen and oxygen atoms in total. The van der Waals surface area contributed by atoms with Crippen molar-refractivity contribution in [1.29, 1.82) is 0 Å². The Morgan fingerprint density at radius 2 is 1.94 bits per heavy atom. The smallest absolute Gasteiger partial charge is 0.220 e. The Balaban J connectivity index is 2.69. The van der Waals surface area contributed by atoms with Gasteiger partial charge >= 0.3 is 0 Å². The second kappa shape index (κ2) is 6.55. The van der Waals surface area contributed by atoms with Crippen molar-refractivity contribution in [1.82, 2.24) is 5.32 Å². The van der Waals surface area contributed by atoms with Crippen LogP contribution in [0.15, 0.2) is 30.3 Å². The third-order valence-electron chi connectivity index (χ3n) is 3.18. The molecule has 18 heavy (non-hydrogen) atoms. The van der Waals surface area contributed by atoms with Crippen LogP contribution in [-0.2, 0) is 10.3 Å². The average molecular weight is 248 g/mol. The lowest BCUT2D eigenvalue weighted by atomic mass is 9.91. The van der Waals surface area contributed by atoms with Crippen LogP contribution in [0.1, 0.15) is 39.2 Å². The van der Waals surface area contributed by atoms with Crippen molar-refractivity contribution in [2.75, 3.05) is 6.54 Å². The summed E-state index contributed by atoms with van der Waals surface area (Å²) in [7, 11) is 0. The maximum Gasteiger partial charge on any atom is 0.220 e. The van der Waals surface area contributed by atoms with Crippen molar-refractivity contribution in [3.63, 3.8) is 0 Å². The van der Waals surface area contributed by atoms with Crippen LogP contribution in [0.3, 0.4) is 0 Å². The molecular weight excluding hydrogens is 224 g/mol. The van der Waals surface area contributed by atoms with Crippen LogP contribution in [0, 0.1) is 5.92 Å². The molecule has 0 saturated carbocycles. The number of amides is 1. The summed E-state index contributed by atoms with van der Waals surface area (Å²) < 4.78 is 0. The van der Waals surface area contributed by atoms with E-state index in [4.69, 9.17) is 5.73 Å². The fraction of sp³-hybridized carbons (Fsp3) is 0.533. The van der Waals surface area contributed by atoms with Crippen molar-refractivity contribution in [2.45, 2.75) is 39.2 Å². The Morgan fingerprint density at radius 1 is 1.33 bits per heavy atom. The number of nitrogens with one attached hydrogen (secondary N) is 1. The summed E-state index contributed by atoms with van der Waals surface area (Å²) >= 11 is 0. The van der Waals surface area contributed by atoms with Crippen LogP contribution in [0.2, 0.25) is 0 Å². The second-order valence-corrected chi connectivity index (χ2v) is 5.38. The first kappa shape index (κ1) is 14.7. The molecule has 0 aliphatic heterocycles. The monoisotopic (exact) mass is 248 g/mol. The summed E-state index contributed by atoms with van der Waals surface area (Å²) in [5.41, 5.74) is 6.40. The second-order valence-electron chi connectivity index (χ2n) is 5.38. The molecule has 1 atom stereocenters. The van der Waals surface area contributed by atoms with Crippen molar-refractivity contribution < 1.29 is 4.79 Å². The highest BCUT2D eigenvalue weighted by atomic mass is 16.1. The van der Waals surface area contributed by atoms with Crippen LogP contribution >= 0.6 is 0 Å². The zero-order chi connectivity index (χ0) is 13.6. The molecule has 1 rings (SSSR count). The predicted molar refractivity (Wildman–Crippen MR) is 75.1 cm³/mol. The molecule has 1 amide bonds. The molecule has 1 aromatic carbocycles. The highest BCUT2D eigenvalue weighted by Crippen LogP contribution is 2.19. The van der Waals surface area contributed by atoms with Gasteiger partial charge in [0.25, 0.3) is 0 Å². The maximum absolute atomic E-state index is 11.9. The first-order valence-electron chi connectivity index (χ1n) is 6.54. The highest BCUT2D eigenvalue weighted by Gasteiger charge is 2.26. The molecule has 3 N–H and O–H groups in total. The van der Waals surface area contributed by atoms with Gasteiger partial charge in [0.1, 0.15) is 0 Å². The van der Waals surface area contributed by atoms with Crippen LogP contribution in [0.4, 0.5) is 0 Å². The fourth-order valence-corrected chi connectivity index (χ4v) is 1.84. The highest BCUT2D eigenvalue weighted by molar-refractivity contribution is 5.77. The molecule has 0 aromatic heterocycles. The first-order valence-corrected chi connectivity index (χ1v) is 6.54. The Kier molecular flexibility index (Phi) is 5.35. The number of carbonyl (C=O) groups is 1. The first-order chi connectivity index (χ1) is 8.48. The molecule has 0 aliphatic rings. The lowest BCUT2D eigenvalue weighted by Gasteiger charge is -2.30. The fourth-order valence-electron chi connectivity index (χ4n) is 1.84. The van der Waals surface area contributed by atoms with E-state index >= 15 is 0 Å². The molecule has 0 saturated heterocycles. The topological polar surface area (TPSA) is 55.1 Å². The largest absolute Gasteiger partial charge is 0.346 e. The van der Waals surface area contributed by atoms with Crippen LogP contribution in [0.5, 0.6) is 0 Å². The lowest BCUT2D eigenvalue weighted by molar-refractivity contribution is -0.123. The van der Waals surface area contributed by atoms with Gasteiger partial charge in [0.2, 0.25) is 5.91 Å². The summed E-state index contributed by atoms with van der Waals surface area (Å²) in [6.45, 7) is 6.60. The Labute approximate surface area is 110 Å². The van der Waals surface area contributed by atoms with Gasteiger partial charge in [0, 0.05) is 13.0 Å². The van der Waals surface area contributed by atoms with Crippen molar-refractivity contribution in [3.05, 3.63) is 35.9 Å². The van der Waals surface area contributed by atoms with E-state index in [0.717, 1.165) is 12.0 Å². The van der Waals surface area contributed by atoms with Gasteiger partial charge in [-0.05, 0) is 24.8 Å². The van der Waals surface area contributed by atoms with E-state index in [2.05, 4.69) is 19.2 Å². The molecule has 0 aliphatic carbocycles. The van der Waals surface area contributed by atoms with Gasteiger partial charge in [-0.25, -0.2) is 0 Å². The Hall–Kier alpha value is -1.35. The van der Waals surface area contributed by atoms with Gasteiger partial charge in [0.05, 0.1) is 5.54 Å². The standard InChI is InChI=1S/C15H24N2O/c1-12(2)9-10-14(18)17-15(3,11-16)13-7-5-4-6-8-13/h4-8,12H,9-11,16H2,1-3H3,(H,17,18). The quantitative estimate of drug-likeness (QED) is 0.812. The van der Waals surface area contributed by atoms with Crippen LogP contribution in [0.25, 0.3) is 0 Å². The SMILES string of the molecule is CC(C)CCC(=O)NC(C)(CN)c1ccccc1. The summed E-state index contributed by atoms with van der Waals surface area (Å²) in [5.74, 6) is 0.608. The molecule has 100 valence electrons. The number of hydrogen-bond acceptors (Lipinski definition) is 2. The number of benzene rings is 1. The average Bonchev–Trinajstić information content (AvgIpc) is 2.37. The summed E-state index contributed by atoms with van der Waals surface area (Å²) in [6, 6.07) is 9.87. The molecular formula is C15H24N2O. The minimum atomic E-state index is -0.477. The molecule has 1 unspecified atom stereocenters. The van der Waals surface area contributed by atoms with E-state index in [9.17, 15) is 4.79 Å². The van der Waals surface area contributed by atoms with Crippen molar-refractivity contribution in [3.8, 4) is 0 Å². The third kappa shape index (κ3) is 4.15. The molecule has 3 heteroatoms. The van der Waals surface area contributed by atoms with Gasteiger partial charge in [-0.3, -0.25) is 4.79 Å². The van der Waals surface area contributed by atoms with E-state index in [0.29, 0.717) is 18.9 Å². The van der Waals surface area contributed by atoms with E-state index in [-0.39, 0.29) is 5.91 Å². The minimum Gasteiger partial charge on any atom is -0.346 e. The molecule has 0 fully saturated rings. The van der Waals surface area contributed by atoms with E-state index < -0.39 is 5.54 Å². The maximum atomic E-state index is 11.9. The number of carbonyl (C=O) groups excluding carboxylic acids is 1. The van der Waals surface area contributed by atoms with E-state index in [1.807, 2.05) is 37.3 Å². The zero-order valence-corrected chi connectivity index (χ0v) is 11.6. The number of rotatable bonds is 6. The predicted octanol–water partition coefficient (Wildman–Crippen LogP) is 2.41. The lowest BCUT2D eigenvalue weighted by Crippen LogP contribution is -2.48. The van der Waals surface area contributed by atoms with E-state index in [1.54, 1.807) is 0 Å². The normalized spacial score (nSPS) is 14.3. The minimum absolute atomic E-state index is 0.0699. The molecule has 0 heterocycles. The summed E-state index contributed by atoms with van der Waals surface area (Å²) in [4.78, 5) is 11.9. The summed E-state index contributed by atoms with van der Waals surface area (Å²) in [5, 5.41) is 3.05. The van der Waals surface area contributed by atoms with Gasteiger partial charge in [-0.1, -0.05) is 44.2 Å². The van der Waals surface area contributed by atoms with Gasteiger partial charge in [0.15, 0.2) is 0 Å². The summed E-state index contributed by atoms with van der Waals surface area (Å²) in [6.07, 6.45) is 1.46. The Bertz CT molecular complexity index is 375. The molecule has 0 radical (unpaired) electrons. The Morgan fingerprint density at radius 3 is 2.44 bits per heavy atom. The van der Waals surface area contributed by atoms with Gasteiger partial charge in [-0.2, -0.15) is 0 Å². The van der Waals surface area contributed by atoms with Crippen LogP contribution in [-0.4, -0.2) is 12.5 Å². The van der Waals surface area contributed by atoms with Crippen molar-refractivity contribution >= 4 is 5.91 Å². The molecule has 1 aromatic rings. The molecule has 0 spiro atoms. The zero-order valence-electron chi connectivity index (χ0n) is 11.6. The van der Waals surface area contributed by atoms with Crippen molar-refractivity contribution in [2.24, 2.45) is 11.7 Å². The third-order valence-corrected chi connectivity index (χ3v) is 3.18. The van der Waals surface area contributed by atoms with Gasteiger partial charge < -0.3 is 11.1 Å².